The van der Waals surface area contributed by atoms with Crippen molar-refractivity contribution in [2.24, 2.45) is 7.05 Å². The number of carbonyl (C=O) groups is 1. The van der Waals surface area contributed by atoms with Crippen LogP contribution in [0, 0.1) is 13.8 Å². The van der Waals surface area contributed by atoms with Crippen molar-refractivity contribution in [2.45, 2.75) is 20.8 Å². The Labute approximate surface area is 97.9 Å². The molecular formula is C11H13N3OS. The fourth-order valence-electron chi connectivity index (χ4n) is 1.55. The number of hydrogen-bond donors (Lipinski definition) is 0. The van der Waals surface area contributed by atoms with E-state index in [1.165, 1.54) is 11.3 Å². The highest BCUT2D eigenvalue weighted by Crippen LogP contribution is 2.29. The van der Waals surface area contributed by atoms with E-state index in [9.17, 15) is 4.79 Å². The smallest absolute Gasteiger partial charge is 0.171 e. The molecule has 0 unspecified atom stereocenters. The predicted molar refractivity (Wildman–Crippen MR) is 63.8 cm³/mol. The first-order chi connectivity index (χ1) is 7.50. The van der Waals surface area contributed by atoms with Crippen molar-refractivity contribution in [3.8, 4) is 10.6 Å². The van der Waals surface area contributed by atoms with Crippen LogP contribution < -0.4 is 0 Å². The van der Waals surface area contributed by atoms with E-state index in [2.05, 4.69) is 10.1 Å². The molecule has 2 aromatic rings. The Kier molecular flexibility index (Phi) is 2.63. The third kappa shape index (κ3) is 1.67. The molecule has 2 rings (SSSR count). The van der Waals surface area contributed by atoms with Crippen molar-refractivity contribution >= 4 is 17.1 Å². The molecule has 0 spiro atoms. The lowest BCUT2D eigenvalue weighted by Gasteiger charge is -1.95. The van der Waals surface area contributed by atoms with Gasteiger partial charge in [0.2, 0.25) is 0 Å². The van der Waals surface area contributed by atoms with Gasteiger partial charge in [0.25, 0.3) is 0 Å². The standard InChI is InChI=1S/C11H13N3OS/c1-6-10(8(3)15)16-11(13-6)9-5-12-14(4)7(9)2/h5H,1-4H3. The second kappa shape index (κ2) is 3.83. The van der Waals surface area contributed by atoms with Gasteiger partial charge in [-0.15, -0.1) is 11.3 Å². The van der Waals surface area contributed by atoms with Crippen LogP contribution in [0.3, 0.4) is 0 Å². The molecule has 84 valence electrons. The molecule has 0 saturated heterocycles. The van der Waals surface area contributed by atoms with Gasteiger partial charge < -0.3 is 0 Å². The maximum Gasteiger partial charge on any atom is 0.171 e. The van der Waals surface area contributed by atoms with Crippen LogP contribution >= 0.6 is 11.3 Å². The van der Waals surface area contributed by atoms with Crippen LogP contribution in [-0.2, 0) is 7.05 Å². The van der Waals surface area contributed by atoms with Gasteiger partial charge >= 0.3 is 0 Å². The van der Waals surface area contributed by atoms with Crippen molar-refractivity contribution in [3.05, 3.63) is 22.5 Å². The second-order valence-electron chi connectivity index (χ2n) is 3.76. The maximum atomic E-state index is 11.4. The van der Waals surface area contributed by atoms with E-state index in [1.807, 2.05) is 20.9 Å². The van der Waals surface area contributed by atoms with E-state index in [0.29, 0.717) is 0 Å². The van der Waals surface area contributed by atoms with Crippen LogP contribution in [0.4, 0.5) is 0 Å². The Hall–Kier alpha value is -1.49. The van der Waals surface area contributed by atoms with Crippen molar-refractivity contribution in [2.75, 3.05) is 0 Å². The van der Waals surface area contributed by atoms with Crippen molar-refractivity contribution in [1.82, 2.24) is 14.8 Å². The summed E-state index contributed by atoms with van der Waals surface area (Å²) in [4.78, 5) is 16.5. The fourth-order valence-corrected chi connectivity index (χ4v) is 2.57. The van der Waals surface area contributed by atoms with Gasteiger partial charge in [-0.2, -0.15) is 5.10 Å². The fraction of sp³-hybridized carbons (Fsp3) is 0.364. The number of aromatic nitrogens is 3. The largest absolute Gasteiger partial charge is 0.294 e. The van der Waals surface area contributed by atoms with Crippen LogP contribution in [0.5, 0.6) is 0 Å². The Bertz CT molecular complexity index is 554. The third-order valence-electron chi connectivity index (χ3n) is 2.58. The topological polar surface area (TPSA) is 47.8 Å². The van der Waals surface area contributed by atoms with Gasteiger partial charge in [-0.25, -0.2) is 4.98 Å². The summed E-state index contributed by atoms with van der Waals surface area (Å²) in [6.45, 7) is 5.43. The minimum absolute atomic E-state index is 0.0720. The van der Waals surface area contributed by atoms with Gasteiger partial charge in [0.1, 0.15) is 5.01 Å². The summed E-state index contributed by atoms with van der Waals surface area (Å²) < 4.78 is 1.81. The lowest BCUT2D eigenvalue weighted by molar-refractivity contribution is 0.102. The number of rotatable bonds is 2. The van der Waals surface area contributed by atoms with Gasteiger partial charge in [0.05, 0.1) is 22.3 Å². The summed E-state index contributed by atoms with van der Waals surface area (Å²) in [5, 5.41) is 5.04. The summed E-state index contributed by atoms with van der Waals surface area (Å²) >= 11 is 1.43. The van der Waals surface area contributed by atoms with E-state index in [0.717, 1.165) is 26.8 Å². The van der Waals surface area contributed by atoms with Crippen molar-refractivity contribution in [3.63, 3.8) is 0 Å². The molecule has 0 radical (unpaired) electrons. The quantitative estimate of drug-likeness (QED) is 0.751. The third-order valence-corrected chi connectivity index (χ3v) is 3.87. The monoisotopic (exact) mass is 235 g/mol. The van der Waals surface area contributed by atoms with Crippen LogP contribution in [0.1, 0.15) is 28.0 Å². The SMILES string of the molecule is CC(=O)c1sc(-c2cnn(C)c2C)nc1C. The summed E-state index contributed by atoms with van der Waals surface area (Å²) in [6.07, 6.45) is 1.79. The zero-order chi connectivity index (χ0) is 11.9. The van der Waals surface area contributed by atoms with Crippen LogP contribution in [0.25, 0.3) is 10.6 Å². The molecule has 0 amide bonds. The second-order valence-corrected chi connectivity index (χ2v) is 4.76. The van der Waals surface area contributed by atoms with Crippen LogP contribution in [0.2, 0.25) is 0 Å². The number of thiazole rings is 1. The van der Waals surface area contributed by atoms with E-state index in [1.54, 1.807) is 17.8 Å². The summed E-state index contributed by atoms with van der Waals surface area (Å²) in [5.74, 6) is 0.0720. The van der Waals surface area contributed by atoms with Gasteiger partial charge in [-0.05, 0) is 13.8 Å². The first-order valence-electron chi connectivity index (χ1n) is 4.98. The lowest BCUT2D eigenvalue weighted by Crippen LogP contribution is -1.92. The molecule has 0 aliphatic carbocycles. The molecule has 2 aromatic heterocycles. The Morgan fingerprint density at radius 2 is 2.12 bits per heavy atom. The number of aryl methyl sites for hydroxylation is 2. The highest BCUT2D eigenvalue weighted by molar-refractivity contribution is 7.17. The highest BCUT2D eigenvalue weighted by atomic mass is 32.1. The van der Waals surface area contributed by atoms with Gasteiger partial charge in [-0.3, -0.25) is 9.48 Å². The molecule has 4 nitrogen and oxygen atoms in total. The Morgan fingerprint density at radius 3 is 2.56 bits per heavy atom. The number of nitrogens with zero attached hydrogens (tertiary/aromatic N) is 3. The van der Waals surface area contributed by atoms with E-state index in [-0.39, 0.29) is 5.78 Å². The van der Waals surface area contributed by atoms with E-state index < -0.39 is 0 Å². The van der Waals surface area contributed by atoms with Gasteiger partial charge in [0.15, 0.2) is 5.78 Å². The highest BCUT2D eigenvalue weighted by Gasteiger charge is 2.15. The summed E-state index contributed by atoms with van der Waals surface area (Å²) in [7, 11) is 1.89. The Morgan fingerprint density at radius 1 is 1.44 bits per heavy atom. The molecule has 0 aliphatic rings. The summed E-state index contributed by atoms with van der Waals surface area (Å²) in [5.41, 5.74) is 2.86. The van der Waals surface area contributed by atoms with E-state index in [4.69, 9.17) is 0 Å². The molecule has 0 N–H and O–H groups in total. The molecular weight excluding hydrogens is 222 g/mol. The van der Waals surface area contributed by atoms with Crippen molar-refractivity contribution < 1.29 is 4.79 Å². The molecule has 0 saturated carbocycles. The molecule has 5 heteroatoms. The number of hydrogen-bond acceptors (Lipinski definition) is 4. The minimum atomic E-state index is 0.0720. The molecule has 0 aliphatic heterocycles. The number of carbonyl (C=O) groups excluding carboxylic acids is 1. The molecule has 0 atom stereocenters. The van der Waals surface area contributed by atoms with E-state index >= 15 is 0 Å². The van der Waals surface area contributed by atoms with Gasteiger partial charge in [-0.1, -0.05) is 0 Å². The Balaban J connectivity index is 2.53. The zero-order valence-corrected chi connectivity index (χ0v) is 10.6. The molecule has 0 aromatic carbocycles. The van der Waals surface area contributed by atoms with Crippen molar-refractivity contribution in [1.29, 1.82) is 0 Å². The van der Waals surface area contributed by atoms with Gasteiger partial charge in [0, 0.05) is 19.7 Å². The van der Waals surface area contributed by atoms with Crippen LogP contribution in [0.15, 0.2) is 6.20 Å². The first-order valence-corrected chi connectivity index (χ1v) is 5.79. The lowest BCUT2D eigenvalue weighted by atomic mass is 10.3. The zero-order valence-electron chi connectivity index (χ0n) is 9.74. The minimum Gasteiger partial charge on any atom is -0.294 e. The normalized spacial score (nSPS) is 10.8. The average molecular weight is 235 g/mol. The number of Topliss-reactive ketones (excluding diaryl/α,β-unsaturated/α-hetero) is 1. The molecule has 0 bridgehead atoms. The van der Waals surface area contributed by atoms with Crippen LogP contribution in [-0.4, -0.2) is 20.5 Å². The molecule has 0 fully saturated rings. The number of ketones is 1. The maximum absolute atomic E-state index is 11.4. The molecule has 16 heavy (non-hydrogen) atoms. The predicted octanol–water partition coefficient (Wildman–Crippen LogP) is 2.36. The molecule has 2 heterocycles. The average Bonchev–Trinajstić information content (AvgIpc) is 2.73. The summed E-state index contributed by atoms with van der Waals surface area (Å²) in [6, 6.07) is 0. The first kappa shape index (κ1) is 11.0.